The van der Waals surface area contributed by atoms with Gasteiger partial charge in [0, 0.05) is 52.9 Å². The summed E-state index contributed by atoms with van der Waals surface area (Å²) in [5.41, 5.74) is 1.20. The lowest BCUT2D eigenvalue weighted by Crippen LogP contribution is -2.50. The Hall–Kier alpha value is -2.37. The molecule has 0 aromatic heterocycles. The molecular formula is C23H35IN6O3. The Labute approximate surface area is 212 Å². The van der Waals surface area contributed by atoms with Gasteiger partial charge in [0.1, 0.15) is 0 Å². The van der Waals surface area contributed by atoms with E-state index in [0.29, 0.717) is 37.7 Å². The van der Waals surface area contributed by atoms with Crippen LogP contribution in [0.15, 0.2) is 29.3 Å². The van der Waals surface area contributed by atoms with Crippen molar-refractivity contribution in [3.05, 3.63) is 35.4 Å². The van der Waals surface area contributed by atoms with Gasteiger partial charge in [-0.1, -0.05) is 25.0 Å². The lowest BCUT2D eigenvalue weighted by atomic mass is 9.84. The maximum absolute atomic E-state index is 12.7. The predicted octanol–water partition coefficient (Wildman–Crippen LogP) is 1.19. The molecule has 3 N–H and O–H groups in total. The first-order chi connectivity index (χ1) is 15.3. The molecular weight excluding hydrogens is 535 g/mol. The first kappa shape index (κ1) is 26.9. The topological polar surface area (TPSA) is 106 Å². The number of nitrogens with one attached hydrogen (secondary N) is 3. The van der Waals surface area contributed by atoms with Crippen LogP contribution < -0.4 is 16.0 Å². The summed E-state index contributed by atoms with van der Waals surface area (Å²) in [5.74, 6) is 0.548. The highest BCUT2D eigenvalue weighted by molar-refractivity contribution is 14.0. The number of carbonyl (C=O) groups excluding carboxylic acids is 3. The number of halogens is 1. The van der Waals surface area contributed by atoms with Gasteiger partial charge in [0.15, 0.2) is 5.96 Å². The first-order valence-corrected chi connectivity index (χ1v) is 11.2. The van der Waals surface area contributed by atoms with Gasteiger partial charge in [0.25, 0.3) is 5.91 Å². The number of hydrogen-bond donors (Lipinski definition) is 3. The van der Waals surface area contributed by atoms with E-state index >= 15 is 0 Å². The summed E-state index contributed by atoms with van der Waals surface area (Å²) in [4.78, 5) is 44.4. The number of carbonyl (C=O) groups is 3. The molecule has 0 unspecified atom stereocenters. The molecule has 3 rings (SSSR count). The van der Waals surface area contributed by atoms with Gasteiger partial charge < -0.3 is 25.8 Å². The smallest absolute Gasteiger partial charge is 0.254 e. The van der Waals surface area contributed by atoms with Crippen molar-refractivity contribution >= 4 is 47.7 Å². The van der Waals surface area contributed by atoms with Gasteiger partial charge in [-0.3, -0.25) is 19.4 Å². The molecule has 1 aliphatic carbocycles. The Kier molecular flexibility index (Phi) is 9.93. The van der Waals surface area contributed by atoms with E-state index in [2.05, 4.69) is 20.9 Å². The summed E-state index contributed by atoms with van der Waals surface area (Å²) in [6, 6.07) is 7.35. The number of guanidine groups is 1. The third-order valence-electron chi connectivity index (χ3n) is 6.22. The Balaban J connectivity index is 0.00000385. The second kappa shape index (κ2) is 12.2. The Bertz CT molecular complexity index is 865. The molecule has 0 bridgehead atoms. The fourth-order valence-electron chi connectivity index (χ4n) is 4.41. The van der Waals surface area contributed by atoms with Crippen LogP contribution >= 0.6 is 24.0 Å². The minimum Gasteiger partial charge on any atom is -0.355 e. The Morgan fingerprint density at radius 2 is 1.82 bits per heavy atom. The standard InChI is InChI=1S/C23H34N6O3.HI/c1-24-22(27-16-23(10-4-5-11-23)21(32)28(2)3)26-14-17-6-8-18(9-7-17)20(31)29-13-12-25-19(30)15-29;/h6-9H,4-5,10-16H2,1-3H3,(H,25,30)(H2,24,26,27);1H. The van der Waals surface area contributed by atoms with Crippen LogP contribution in [0.1, 0.15) is 41.6 Å². The maximum atomic E-state index is 12.7. The van der Waals surface area contributed by atoms with Gasteiger partial charge in [0.2, 0.25) is 11.8 Å². The molecule has 1 saturated carbocycles. The highest BCUT2D eigenvalue weighted by Gasteiger charge is 2.42. The van der Waals surface area contributed by atoms with Gasteiger partial charge in [-0.05, 0) is 30.5 Å². The molecule has 10 heteroatoms. The molecule has 0 radical (unpaired) electrons. The van der Waals surface area contributed by atoms with Gasteiger partial charge >= 0.3 is 0 Å². The van der Waals surface area contributed by atoms with Crippen molar-refractivity contribution in [2.24, 2.45) is 10.4 Å². The Morgan fingerprint density at radius 3 is 2.39 bits per heavy atom. The van der Waals surface area contributed by atoms with Crippen molar-refractivity contribution < 1.29 is 14.4 Å². The van der Waals surface area contributed by atoms with E-state index in [1.807, 2.05) is 26.2 Å². The van der Waals surface area contributed by atoms with E-state index in [1.54, 1.807) is 29.0 Å². The zero-order valence-electron chi connectivity index (χ0n) is 19.6. The van der Waals surface area contributed by atoms with Crippen molar-refractivity contribution in [3.63, 3.8) is 0 Å². The van der Waals surface area contributed by atoms with E-state index in [9.17, 15) is 14.4 Å². The normalized spacial score (nSPS) is 17.6. The van der Waals surface area contributed by atoms with Gasteiger partial charge in [0.05, 0.1) is 12.0 Å². The second-order valence-corrected chi connectivity index (χ2v) is 8.74. The van der Waals surface area contributed by atoms with E-state index < -0.39 is 0 Å². The van der Waals surface area contributed by atoms with Crippen LogP contribution in [0.25, 0.3) is 0 Å². The number of hydrogen-bond acceptors (Lipinski definition) is 4. The molecule has 1 aliphatic heterocycles. The molecule has 33 heavy (non-hydrogen) atoms. The second-order valence-electron chi connectivity index (χ2n) is 8.74. The average molecular weight is 570 g/mol. The fraction of sp³-hybridized carbons (Fsp3) is 0.565. The van der Waals surface area contributed by atoms with E-state index in [-0.39, 0.29) is 53.7 Å². The van der Waals surface area contributed by atoms with Crippen LogP contribution in [0.2, 0.25) is 0 Å². The van der Waals surface area contributed by atoms with Crippen LogP contribution in [0.4, 0.5) is 0 Å². The maximum Gasteiger partial charge on any atom is 0.254 e. The highest BCUT2D eigenvalue weighted by Crippen LogP contribution is 2.38. The summed E-state index contributed by atoms with van der Waals surface area (Å²) >= 11 is 0. The third kappa shape index (κ3) is 6.81. The van der Waals surface area contributed by atoms with Crippen molar-refractivity contribution in [1.82, 2.24) is 25.8 Å². The van der Waals surface area contributed by atoms with Crippen molar-refractivity contribution in [1.29, 1.82) is 0 Å². The summed E-state index contributed by atoms with van der Waals surface area (Å²) in [6.07, 6.45) is 3.92. The number of amides is 3. The van der Waals surface area contributed by atoms with Gasteiger partial charge in [-0.2, -0.15) is 0 Å². The van der Waals surface area contributed by atoms with E-state index in [1.165, 1.54) is 0 Å². The number of rotatable bonds is 6. The molecule has 182 valence electrons. The quantitative estimate of drug-likeness (QED) is 0.271. The lowest BCUT2D eigenvalue weighted by molar-refractivity contribution is -0.138. The molecule has 1 aromatic rings. The van der Waals surface area contributed by atoms with Crippen LogP contribution in [0, 0.1) is 5.41 Å². The largest absolute Gasteiger partial charge is 0.355 e. The molecule has 9 nitrogen and oxygen atoms in total. The lowest BCUT2D eigenvalue weighted by Gasteiger charge is -2.31. The van der Waals surface area contributed by atoms with E-state index in [0.717, 1.165) is 31.2 Å². The molecule has 3 amide bonds. The molecule has 1 heterocycles. The van der Waals surface area contributed by atoms with Crippen LogP contribution in [-0.2, 0) is 16.1 Å². The Morgan fingerprint density at radius 1 is 1.15 bits per heavy atom. The van der Waals surface area contributed by atoms with Gasteiger partial charge in [-0.15, -0.1) is 24.0 Å². The summed E-state index contributed by atoms with van der Waals surface area (Å²) in [7, 11) is 5.33. The van der Waals surface area contributed by atoms with Crippen molar-refractivity contribution in [2.45, 2.75) is 32.2 Å². The fourth-order valence-corrected chi connectivity index (χ4v) is 4.41. The van der Waals surface area contributed by atoms with E-state index in [4.69, 9.17) is 0 Å². The molecule has 2 aliphatic rings. The van der Waals surface area contributed by atoms with Crippen molar-refractivity contribution in [3.8, 4) is 0 Å². The number of piperazine rings is 1. The molecule has 0 atom stereocenters. The molecule has 1 aromatic carbocycles. The number of benzene rings is 1. The number of nitrogens with zero attached hydrogens (tertiary/aromatic N) is 3. The first-order valence-electron chi connectivity index (χ1n) is 11.2. The van der Waals surface area contributed by atoms with Crippen LogP contribution in [0.5, 0.6) is 0 Å². The SMILES string of the molecule is CN=C(NCc1ccc(C(=O)N2CCNC(=O)C2)cc1)NCC1(C(=O)N(C)C)CCCC1.I. The van der Waals surface area contributed by atoms with Crippen LogP contribution in [0.3, 0.4) is 0 Å². The summed E-state index contributed by atoms with van der Waals surface area (Å²) in [6.45, 7) is 2.20. The molecule has 2 fully saturated rings. The predicted molar refractivity (Wildman–Crippen MR) is 139 cm³/mol. The summed E-state index contributed by atoms with van der Waals surface area (Å²) in [5, 5.41) is 9.33. The minimum atomic E-state index is -0.367. The molecule has 0 spiro atoms. The molecule has 1 saturated heterocycles. The third-order valence-corrected chi connectivity index (χ3v) is 6.22. The van der Waals surface area contributed by atoms with Gasteiger partial charge in [-0.25, -0.2) is 0 Å². The highest BCUT2D eigenvalue weighted by atomic mass is 127. The zero-order valence-corrected chi connectivity index (χ0v) is 22.0. The average Bonchev–Trinajstić information content (AvgIpc) is 3.28. The van der Waals surface area contributed by atoms with Crippen LogP contribution in [-0.4, -0.2) is 80.8 Å². The zero-order chi connectivity index (χ0) is 23.1. The number of aliphatic imine (C=N–C) groups is 1. The van der Waals surface area contributed by atoms with Crippen molar-refractivity contribution in [2.75, 3.05) is 47.3 Å². The minimum absolute atomic E-state index is 0. The monoisotopic (exact) mass is 570 g/mol. The summed E-state index contributed by atoms with van der Waals surface area (Å²) < 4.78 is 0.